The van der Waals surface area contributed by atoms with Gasteiger partial charge in [-0.05, 0) is 63.1 Å². The molecule has 0 aliphatic carbocycles. The summed E-state index contributed by atoms with van der Waals surface area (Å²) in [6.07, 6.45) is 7.97. The molecular weight excluding hydrogens is 445 g/mol. The molecule has 9 heteroatoms. The molecule has 5 heterocycles. The van der Waals surface area contributed by atoms with Gasteiger partial charge in [-0.15, -0.1) is 0 Å². The van der Waals surface area contributed by atoms with Crippen molar-refractivity contribution in [2.24, 2.45) is 0 Å². The fourth-order valence-corrected chi connectivity index (χ4v) is 5.06. The summed E-state index contributed by atoms with van der Waals surface area (Å²) in [4.78, 5) is 23.0. The lowest BCUT2D eigenvalue weighted by Crippen LogP contribution is -2.34. The molecule has 1 atom stereocenters. The molecule has 0 saturated carbocycles. The van der Waals surface area contributed by atoms with Gasteiger partial charge in [0.15, 0.2) is 5.82 Å². The van der Waals surface area contributed by atoms with Crippen LogP contribution in [0.15, 0.2) is 53.8 Å². The smallest absolute Gasteiger partial charge is 0.308 e. The summed E-state index contributed by atoms with van der Waals surface area (Å²) in [6.45, 7) is 8.32. The Kier molecular flexibility index (Phi) is 4.79. The molecule has 0 amide bonds. The van der Waals surface area contributed by atoms with E-state index in [1.54, 1.807) is 53.8 Å². The van der Waals surface area contributed by atoms with E-state index >= 15 is 0 Å². The van der Waals surface area contributed by atoms with Crippen molar-refractivity contribution in [2.45, 2.75) is 40.2 Å². The fraction of sp³-hybridized carbons (Fsp3) is 0.269. The van der Waals surface area contributed by atoms with Crippen LogP contribution in [0.3, 0.4) is 0 Å². The van der Waals surface area contributed by atoms with Crippen LogP contribution in [0.4, 0.5) is 4.39 Å². The van der Waals surface area contributed by atoms with E-state index in [0.29, 0.717) is 17.0 Å². The molecule has 5 aromatic rings. The molecule has 1 aromatic carbocycles. The first-order valence-corrected chi connectivity index (χ1v) is 11.7. The zero-order valence-electron chi connectivity index (χ0n) is 20.1. The minimum Gasteiger partial charge on any atom is -0.308 e. The number of halogens is 1. The Labute approximate surface area is 201 Å². The standard InChI is InChI=1S/C26H26FN7O/c1-15-11-19(12-16(2)23(15)27)25-30-22-5-7-28-17(3)24(22)34(25)33-10-9-32(26(33)35)20-6-8-31-18(4)29-14-21(31)13-20/h6,8-14,17,28H,5,7H2,1-4H3/t17-/m0/s1. The van der Waals surface area contributed by atoms with Crippen LogP contribution < -0.4 is 11.0 Å². The van der Waals surface area contributed by atoms with Crippen molar-refractivity contribution in [1.82, 2.24) is 33.6 Å². The van der Waals surface area contributed by atoms with Gasteiger partial charge in [0.2, 0.25) is 0 Å². The zero-order chi connectivity index (χ0) is 24.4. The molecule has 35 heavy (non-hydrogen) atoms. The van der Waals surface area contributed by atoms with Crippen LogP contribution in [-0.4, -0.2) is 34.8 Å². The van der Waals surface area contributed by atoms with Gasteiger partial charge in [-0.2, -0.15) is 0 Å². The molecule has 0 fully saturated rings. The van der Waals surface area contributed by atoms with E-state index in [4.69, 9.17) is 4.98 Å². The van der Waals surface area contributed by atoms with Crippen LogP contribution in [0.25, 0.3) is 22.6 Å². The van der Waals surface area contributed by atoms with Crippen molar-refractivity contribution >= 4 is 5.52 Å². The number of aromatic nitrogens is 6. The molecule has 1 N–H and O–H groups in total. The largest absolute Gasteiger partial charge is 0.352 e. The second-order valence-corrected chi connectivity index (χ2v) is 9.21. The molecule has 0 radical (unpaired) electrons. The van der Waals surface area contributed by atoms with Gasteiger partial charge in [0, 0.05) is 43.2 Å². The fourth-order valence-electron chi connectivity index (χ4n) is 5.06. The Balaban J connectivity index is 1.57. The first-order valence-electron chi connectivity index (χ1n) is 11.7. The number of benzene rings is 1. The molecule has 8 nitrogen and oxygen atoms in total. The van der Waals surface area contributed by atoms with Gasteiger partial charge in [-0.3, -0.25) is 4.57 Å². The topological polar surface area (TPSA) is 74.1 Å². The van der Waals surface area contributed by atoms with Gasteiger partial charge in [0.25, 0.3) is 0 Å². The van der Waals surface area contributed by atoms with Crippen LogP contribution in [0.1, 0.15) is 41.3 Å². The first-order chi connectivity index (χ1) is 16.8. The monoisotopic (exact) mass is 471 g/mol. The molecule has 0 bridgehead atoms. The normalized spacial score (nSPS) is 15.6. The van der Waals surface area contributed by atoms with Gasteiger partial charge in [0.05, 0.1) is 28.8 Å². The zero-order valence-corrected chi connectivity index (χ0v) is 20.1. The van der Waals surface area contributed by atoms with Crippen molar-refractivity contribution in [3.63, 3.8) is 0 Å². The lowest BCUT2D eigenvalue weighted by molar-refractivity contribution is 0.479. The Hall–Kier alpha value is -3.98. The van der Waals surface area contributed by atoms with Gasteiger partial charge in [-0.25, -0.2) is 28.5 Å². The molecule has 178 valence electrons. The molecular formula is C26H26FN7O. The lowest BCUT2D eigenvalue weighted by Gasteiger charge is -2.22. The van der Waals surface area contributed by atoms with Gasteiger partial charge in [0.1, 0.15) is 11.6 Å². The molecule has 0 saturated heterocycles. The Bertz CT molecular complexity index is 1650. The van der Waals surface area contributed by atoms with E-state index in [0.717, 1.165) is 46.9 Å². The summed E-state index contributed by atoms with van der Waals surface area (Å²) in [6, 6.07) is 7.43. The van der Waals surface area contributed by atoms with Crippen LogP contribution in [0, 0.1) is 26.6 Å². The summed E-state index contributed by atoms with van der Waals surface area (Å²) in [5.74, 6) is 1.29. The molecule has 1 aliphatic rings. The van der Waals surface area contributed by atoms with Crippen molar-refractivity contribution in [3.05, 3.63) is 93.7 Å². The number of hydrogen-bond donors (Lipinski definition) is 1. The predicted molar refractivity (Wildman–Crippen MR) is 132 cm³/mol. The van der Waals surface area contributed by atoms with Gasteiger partial charge < -0.3 is 9.72 Å². The van der Waals surface area contributed by atoms with Gasteiger partial charge >= 0.3 is 5.69 Å². The van der Waals surface area contributed by atoms with E-state index in [2.05, 4.69) is 17.2 Å². The second kappa shape index (κ2) is 7.78. The highest BCUT2D eigenvalue weighted by atomic mass is 19.1. The third-order valence-corrected chi connectivity index (χ3v) is 6.84. The Morgan fingerprint density at radius 2 is 1.86 bits per heavy atom. The number of rotatable bonds is 3. The van der Waals surface area contributed by atoms with E-state index < -0.39 is 0 Å². The van der Waals surface area contributed by atoms with Crippen LogP contribution >= 0.6 is 0 Å². The predicted octanol–water partition coefficient (Wildman–Crippen LogP) is 3.73. The number of nitrogens with one attached hydrogen (secondary N) is 1. The third-order valence-electron chi connectivity index (χ3n) is 6.84. The second-order valence-electron chi connectivity index (χ2n) is 9.21. The summed E-state index contributed by atoms with van der Waals surface area (Å²) < 4.78 is 21.5. The highest BCUT2D eigenvalue weighted by molar-refractivity contribution is 5.60. The molecule has 6 rings (SSSR count). The maximum atomic E-state index is 14.4. The summed E-state index contributed by atoms with van der Waals surface area (Å²) in [5.41, 5.74) is 5.20. The van der Waals surface area contributed by atoms with Crippen LogP contribution in [0.5, 0.6) is 0 Å². The van der Waals surface area contributed by atoms with Crippen LogP contribution in [-0.2, 0) is 6.42 Å². The average molecular weight is 472 g/mol. The number of fused-ring (bicyclic) bond motifs is 2. The minimum absolute atomic E-state index is 0.00371. The minimum atomic E-state index is -0.222. The van der Waals surface area contributed by atoms with Crippen LogP contribution in [0.2, 0.25) is 0 Å². The van der Waals surface area contributed by atoms with Crippen molar-refractivity contribution in [3.8, 4) is 17.1 Å². The molecule has 0 unspecified atom stereocenters. The van der Waals surface area contributed by atoms with E-state index in [1.807, 2.05) is 34.3 Å². The maximum Gasteiger partial charge on any atom is 0.352 e. The SMILES string of the molecule is Cc1cc(-c2nc3c(n2-n2ccn(-c4ccn5c(C)ncc5c4)c2=O)[C@H](C)NCC3)cc(C)c1F. The summed E-state index contributed by atoms with van der Waals surface area (Å²) in [7, 11) is 0. The maximum absolute atomic E-state index is 14.4. The van der Waals surface area contributed by atoms with Crippen molar-refractivity contribution in [1.29, 1.82) is 0 Å². The summed E-state index contributed by atoms with van der Waals surface area (Å²) >= 11 is 0. The van der Waals surface area contributed by atoms with E-state index in [9.17, 15) is 9.18 Å². The lowest BCUT2D eigenvalue weighted by atomic mass is 10.1. The van der Waals surface area contributed by atoms with Crippen molar-refractivity contribution < 1.29 is 4.39 Å². The van der Waals surface area contributed by atoms with Crippen molar-refractivity contribution in [2.75, 3.05) is 6.54 Å². The first kappa shape index (κ1) is 21.5. The molecule has 1 aliphatic heterocycles. The average Bonchev–Trinajstić information content (AvgIpc) is 3.52. The Morgan fingerprint density at radius 3 is 2.63 bits per heavy atom. The summed E-state index contributed by atoms with van der Waals surface area (Å²) in [5, 5.41) is 3.47. The molecule has 4 aromatic heterocycles. The number of nitrogens with zero attached hydrogens (tertiary/aromatic N) is 6. The third kappa shape index (κ3) is 3.26. The molecule has 0 spiro atoms. The highest BCUT2D eigenvalue weighted by Crippen LogP contribution is 2.31. The Morgan fingerprint density at radius 1 is 1.09 bits per heavy atom. The van der Waals surface area contributed by atoms with E-state index in [-0.39, 0.29) is 17.5 Å². The number of imidazole rings is 3. The number of aryl methyl sites for hydroxylation is 3. The van der Waals surface area contributed by atoms with Gasteiger partial charge in [-0.1, -0.05) is 0 Å². The highest BCUT2D eigenvalue weighted by Gasteiger charge is 2.28. The quantitative estimate of drug-likeness (QED) is 0.435. The van der Waals surface area contributed by atoms with E-state index in [1.165, 1.54) is 0 Å². The number of pyridine rings is 1. The number of hydrogen-bond acceptors (Lipinski definition) is 4.